The van der Waals surface area contributed by atoms with Gasteiger partial charge < -0.3 is 10.4 Å². The highest BCUT2D eigenvalue weighted by Gasteiger charge is 2.33. The van der Waals surface area contributed by atoms with E-state index in [9.17, 15) is 13.9 Å². The predicted molar refractivity (Wildman–Crippen MR) is 103 cm³/mol. The molecule has 0 radical (unpaired) electrons. The number of rotatable bonds is 6. The Morgan fingerprint density at radius 2 is 1.30 bits per heavy atom. The van der Waals surface area contributed by atoms with Gasteiger partial charge in [-0.05, 0) is 47.5 Å². The second kappa shape index (κ2) is 8.36. The fourth-order valence-corrected chi connectivity index (χ4v) is 3.29. The summed E-state index contributed by atoms with van der Waals surface area (Å²) in [5.74, 6) is -0.778. The molecular weight excluding hydrogens is 391 g/mol. The van der Waals surface area contributed by atoms with Crippen LogP contribution in [0.25, 0.3) is 0 Å². The highest BCUT2D eigenvalue weighted by Crippen LogP contribution is 2.29. The summed E-state index contributed by atoms with van der Waals surface area (Å²) in [4.78, 5) is 0. The first kappa shape index (κ1) is 19.8. The molecule has 0 unspecified atom stereocenters. The van der Waals surface area contributed by atoms with Crippen LogP contribution < -0.4 is 5.32 Å². The molecule has 140 valence electrons. The summed E-state index contributed by atoms with van der Waals surface area (Å²) in [5.41, 5.74) is 0.601. The molecule has 0 atom stereocenters. The van der Waals surface area contributed by atoms with Gasteiger partial charge in [0.05, 0.1) is 10.0 Å². The molecule has 3 aromatic carbocycles. The fraction of sp³-hybridized carbons (Fsp3) is 0.143. The predicted octanol–water partition coefficient (Wildman–Crippen LogP) is 4.27. The van der Waals surface area contributed by atoms with Crippen LogP contribution in [0.5, 0.6) is 0 Å². The lowest BCUT2D eigenvalue weighted by Gasteiger charge is -2.28. The zero-order valence-electron chi connectivity index (χ0n) is 14.3. The fourth-order valence-electron chi connectivity index (χ4n) is 2.97. The number of nitrogens with two attached hydrogens (primary N) is 1. The minimum atomic E-state index is -1.41. The first-order valence-electron chi connectivity index (χ1n) is 8.38. The lowest BCUT2D eigenvalue weighted by Crippen LogP contribution is -2.86. The summed E-state index contributed by atoms with van der Waals surface area (Å²) in [6.07, 6.45) is 0. The monoisotopic (exact) mass is 408 g/mol. The molecule has 0 aliphatic carbocycles. The van der Waals surface area contributed by atoms with Crippen molar-refractivity contribution >= 4 is 23.2 Å². The standard InChI is InChI=1S/C21H17Cl2F2NO/c22-19-10-1-14(11-20(19)23)12-26-13-21(27,15-2-6-17(24)7-3-15)16-4-8-18(25)9-5-16/h1-11,26-27H,12-13H2/p+1. The zero-order chi connectivity index (χ0) is 19.4. The average molecular weight is 409 g/mol. The van der Waals surface area contributed by atoms with Crippen LogP contribution >= 0.6 is 23.2 Å². The van der Waals surface area contributed by atoms with Crippen molar-refractivity contribution in [3.05, 3.63) is 105 Å². The molecule has 0 fully saturated rings. The van der Waals surface area contributed by atoms with E-state index in [1.807, 2.05) is 11.4 Å². The van der Waals surface area contributed by atoms with Crippen molar-refractivity contribution in [2.45, 2.75) is 12.1 Å². The van der Waals surface area contributed by atoms with E-state index in [4.69, 9.17) is 23.2 Å². The number of hydrogen-bond acceptors (Lipinski definition) is 1. The van der Waals surface area contributed by atoms with Gasteiger partial charge in [0.2, 0.25) is 0 Å². The molecule has 0 saturated carbocycles. The highest BCUT2D eigenvalue weighted by atomic mass is 35.5. The third-order valence-corrected chi connectivity index (χ3v) is 5.19. The number of aliphatic hydroxyl groups is 1. The summed E-state index contributed by atoms with van der Waals surface area (Å²) >= 11 is 12.0. The van der Waals surface area contributed by atoms with Gasteiger partial charge in [0.1, 0.15) is 24.7 Å². The number of quaternary nitrogens is 1. The molecule has 0 aliphatic rings. The smallest absolute Gasteiger partial charge is 0.163 e. The molecule has 3 rings (SSSR count). The number of halogens is 4. The molecule has 0 aromatic heterocycles. The van der Waals surface area contributed by atoms with E-state index in [1.54, 1.807) is 12.1 Å². The van der Waals surface area contributed by atoms with Gasteiger partial charge in [-0.2, -0.15) is 0 Å². The molecule has 3 N–H and O–H groups in total. The largest absolute Gasteiger partial charge is 0.375 e. The van der Waals surface area contributed by atoms with Crippen LogP contribution in [-0.4, -0.2) is 11.7 Å². The summed E-state index contributed by atoms with van der Waals surface area (Å²) in [5, 5.41) is 14.2. The van der Waals surface area contributed by atoms with Crippen molar-refractivity contribution in [3.63, 3.8) is 0 Å². The molecule has 0 aliphatic heterocycles. The maximum atomic E-state index is 13.3. The first-order chi connectivity index (χ1) is 12.9. The molecule has 0 amide bonds. The molecule has 6 heteroatoms. The van der Waals surface area contributed by atoms with Crippen molar-refractivity contribution in [3.8, 4) is 0 Å². The van der Waals surface area contributed by atoms with Crippen LogP contribution in [-0.2, 0) is 12.1 Å². The summed E-state index contributed by atoms with van der Waals surface area (Å²) in [6, 6.07) is 16.7. The van der Waals surface area contributed by atoms with Gasteiger partial charge in [-0.25, -0.2) is 8.78 Å². The Hall–Kier alpha value is -1.98. The Bertz CT molecular complexity index is 869. The third-order valence-electron chi connectivity index (χ3n) is 4.45. The topological polar surface area (TPSA) is 36.8 Å². The van der Waals surface area contributed by atoms with E-state index in [0.717, 1.165) is 5.56 Å². The maximum Gasteiger partial charge on any atom is 0.163 e. The molecule has 2 nitrogen and oxygen atoms in total. The van der Waals surface area contributed by atoms with E-state index in [0.29, 0.717) is 27.7 Å². The van der Waals surface area contributed by atoms with Crippen molar-refractivity contribution in [2.24, 2.45) is 0 Å². The highest BCUT2D eigenvalue weighted by molar-refractivity contribution is 6.42. The molecule has 3 aromatic rings. The number of benzene rings is 3. The Kier molecular flexibility index (Phi) is 6.12. The van der Waals surface area contributed by atoms with Gasteiger partial charge in [0, 0.05) is 5.56 Å². The van der Waals surface area contributed by atoms with Crippen LogP contribution in [0.3, 0.4) is 0 Å². The molecule has 0 bridgehead atoms. The van der Waals surface area contributed by atoms with E-state index < -0.39 is 5.60 Å². The third kappa shape index (κ3) is 4.66. The van der Waals surface area contributed by atoms with Crippen molar-refractivity contribution < 1.29 is 19.2 Å². The summed E-state index contributed by atoms with van der Waals surface area (Å²) in [7, 11) is 0. The van der Waals surface area contributed by atoms with E-state index in [-0.39, 0.29) is 18.2 Å². The molecular formula is C21H18Cl2F2NO+. The summed E-state index contributed by atoms with van der Waals surface area (Å²) < 4.78 is 26.6. The van der Waals surface area contributed by atoms with Crippen LogP contribution in [0.4, 0.5) is 8.78 Å². The molecule has 27 heavy (non-hydrogen) atoms. The van der Waals surface area contributed by atoms with E-state index in [2.05, 4.69) is 0 Å². The lowest BCUT2D eigenvalue weighted by molar-refractivity contribution is -0.682. The zero-order valence-corrected chi connectivity index (χ0v) is 15.8. The van der Waals surface area contributed by atoms with E-state index in [1.165, 1.54) is 48.5 Å². The van der Waals surface area contributed by atoms with Crippen molar-refractivity contribution in [1.82, 2.24) is 0 Å². The molecule has 0 heterocycles. The maximum absolute atomic E-state index is 13.3. The Morgan fingerprint density at radius 3 is 1.78 bits per heavy atom. The van der Waals surface area contributed by atoms with Gasteiger partial charge in [-0.15, -0.1) is 0 Å². The Labute approximate surface area is 166 Å². The summed E-state index contributed by atoms with van der Waals surface area (Å²) in [6.45, 7) is 0.812. The SMILES string of the molecule is OC(C[NH2+]Cc1ccc(Cl)c(Cl)c1)(c1ccc(F)cc1)c1ccc(F)cc1. The van der Waals surface area contributed by atoms with Crippen LogP contribution in [0.15, 0.2) is 66.7 Å². The van der Waals surface area contributed by atoms with Gasteiger partial charge in [-0.1, -0.05) is 53.5 Å². The second-order valence-electron chi connectivity index (χ2n) is 6.32. The quantitative estimate of drug-likeness (QED) is 0.627. The Morgan fingerprint density at radius 1 is 0.778 bits per heavy atom. The van der Waals surface area contributed by atoms with Gasteiger partial charge in [0.15, 0.2) is 5.60 Å². The Balaban J connectivity index is 1.84. The van der Waals surface area contributed by atoms with Crippen LogP contribution in [0.2, 0.25) is 10.0 Å². The molecule has 0 spiro atoms. The normalized spacial score (nSPS) is 11.6. The van der Waals surface area contributed by atoms with Crippen LogP contribution in [0.1, 0.15) is 16.7 Å². The average Bonchev–Trinajstić information content (AvgIpc) is 2.65. The number of hydrogen-bond donors (Lipinski definition) is 2. The second-order valence-corrected chi connectivity index (χ2v) is 7.13. The van der Waals surface area contributed by atoms with Gasteiger partial charge >= 0.3 is 0 Å². The van der Waals surface area contributed by atoms with Crippen LogP contribution in [0, 0.1) is 11.6 Å². The van der Waals surface area contributed by atoms with Gasteiger partial charge in [0.25, 0.3) is 0 Å². The molecule has 0 saturated heterocycles. The first-order valence-corrected chi connectivity index (χ1v) is 9.14. The van der Waals surface area contributed by atoms with Crippen molar-refractivity contribution in [1.29, 1.82) is 0 Å². The minimum Gasteiger partial charge on any atom is -0.375 e. The lowest BCUT2D eigenvalue weighted by atomic mass is 9.86. The van der Waals surface area contributed by atoms with Crippen molar-refractivity contribution in [2.75, 3.05) is 6.54 Å². The minimum absolute atomic E-state index is 0.254. The van der Waals surface area contributed by atoms with Gasteiger partial charge in [-0.3, -0.25) is 0 Å². The van der Waals surface area contributed by atoms with E-state index >= 15 is 0 Å².